The van der Waals surface area contributed by atoms with Crippen molar-refractivity contribution in [2.24, 2.45) is 0 Å². The summed E-state index contributed by atoms with van der Waals surface area (Å²) in [6, 6.07) is 4.79. The topological polar surface area (TPSA) is 42.7 Å². The zero-order chi connectivity index (χ0) is 9.26. The van der Waals surface area contributed by atoms with Crippen LogP contribution >= 0.6 is 0 Å². The molecule has 1 heterocycles. The van der Waals surface area contributed by atoms with Gasteiger partial charge in [0.05, 0.1) is 12.1 Å². The van der Waals surface area contributed by atoms with Crippen LogP contribution in [0.3, 0.4) is 0 Å². The van der Waals surface area contributed by atoms with Crippen molar-refractivity contribution < 1.29 is 9.53 Å². The van der Waals surface area contributed by atoms with Crippen LogP contribution in [0.25, 0.3) is 4.85 Å². The minimum Gasteiger partial charge on any atom is -0.473 e. The second-order valence-electron chi connectivity index (χ2n) is 2.59. The highest BCUT2D eigenvalue weighted by Crippen LogP contribution is 2.25. The zero-order valence-electron chi connectivity index (χ0n) is 6.70. The maximum absolute atomic E-state index is 11.3. The highest BCUT2D eigenvalue weighted by atomic mass is 16.5. The van der Waals surface area contributed by atoms with Crippen molar-refractivity contribution in [3.05, 3.63) is 35.2 Å². The lowest BCUT2D eigenvalue weighted by atomic mass is 10.1. The van der Waals surface area contributed by atoms with E-state index in [1.54, 1.807) is 12.1 Å². The van der Waals surface area contributed by atoms with Gasteiger partial charge in [0, 0.05) is 0 Å². The third-order valence-corrected chi connectivity index (χ3v) is 1.80. The van der Waals surface area contributed by atoms with Crippen molar-refractivity contribution in [2.45, 2.75) is 0 Å². The number of carbonyl (C=O) groups is 1. The second kappa shape index (κ2) is 2.79. The molecule has 4 nitrogen and oxygen atoms in total. The standard InChI is InChI=1S/C9H6N2O2/c1-10-6-2-3-8-7(4-6)9(12)11-5-13-8/h2-4H,5H2,(H,11,12). The molecule has 0 bridgehead atoms. The van der Waals surface area contributed by atoms with E-state index >= 15 is 0 Å². The SMILES string of the molecule is [C-]#[N+]c1ccc2c(c1)C(=O)NCO2. The van der Waals surface area contributed by atoms with Gasteiger partial charge in [0.1, 0.15) is 5.75 Å². The molecule has 13 heavy (non-hydrogen) atoms. The predicted molar refractivity (Wildman–Crippen MR) is 45.7 cm³/mol. The normalized spacial score (nSPS) is 13.6. The molecule has 64 valence electrons. The molecule has 1 aromatic carbocycles. The van der Waals surface area contributed by atoms with Gasteiger partial charge in [-0.1, -0.05) is 6.07 Å². The van der Waals surface area contributed by atoms with Gasteiger partial charge in [0.15, 0.2) is 12.4 Å². The quantitative estimate of drug-likeness (QED) is 0.602. The lowest BCUT2D eigenvalue weighted by Gasteiger charge is -2.17. The lowest BCUT2D eigenvalue weighted by Crippen LogP contribution is -2.32. The van der Waals surface area contributed by atoms with E-state index < -0.39 is 0 Å². The maximum atomic E-state index is 11.3. The third kappa shape index (κ3) is 1.20. The molecule has 0 saturated heterocycles. The van der Waals surface area contributed by atoms with Crippen LogP contribution in [-0.4, -0.2) is 12.6 Å². The van der Waals surface area contributed by atoms with Gasteiger partial charge in [0.2, 0.25) is 0 Å². The Kier molecular flexibility index (Phi) is 1.64. The van der Waals surface area contributed by atoms with E-state index in [0.29, 0.717) is 17.0 Å². The summed E-state index contributed by atoms with van der Waals surface area (Å²) in [5.74, 6) is 0.350. The summed E-state index contributed by atoms with van der Waals surface area (Å²) in [7, 11) is 0. The van der Waals surface area contributed by atoms with Crippen molar-refractivity contribution in [3.8, 4) is 5.75 Å². The maximum Gasteiger partial charge on any atom is 0.256 e. The summed E-state index contributed by atoms with van der Waals surface area (Å²) in [6.45, 7) is 6.98. The molecule has 0 radical (unpaired) electrons. The van der Waals surface area contributed by atoms with Crippen LogP contribution in [0, 0.1) is 6.57 Å². The summed E-state index contributed by atoms with van der Waals surface area (Å²) in [6.07, 6.45) is 0. The van der Waals surface area contributed by atoms with Crippen LogP contribution in [0.1, 0.15) is 10.4 Å². The van der Waals surface area contributed by atoms with E-state index in [2.05, 4.69) is 10.2 Å². The Bertz CT molecular complexity index is 407. The zero-order valence-corrected chi connectivity index (χ0v) is 6.70. The number of hydrogen-bond acceptors (Lipinski definition) is 2. The Morgan fingerprint density at radius 1 is 1.54 bits per heavy atom. The molecule has 1 aliphatic heterocycles. The summed E-state index contributed by atoms with van der Waals surface area (Å²) < 4.78 is 5.16. The van der Waals surface area contributed by atoms with Crippen molar-refractivity contribution in [1.82, 2.24) is 5.32 Å². The Morgan fingerprint density at radius 2 is 2.38 bits per heavy atom. The molecule has 0 saturated carbocycles. The predicted octanol–water partition coefficient (Wildman–Crippen LogP) is 1.32. The molecule has 0 unspecified atom stereocenters. The first-order chi connectivity index (χ1) is 6.31. The average molecular weight is 174 g/mol. The van der Waals surface area contributed by atoms with Crippen LogP contribution in [0.2, 0.25) is 0 Å². The van der Waals surface area contributed by atoms with E-state index in [4.69, 9.17) is 11.3 Å². The molecule has 0 fully saturated rings. The van der Waals surface area contributed by atoms with Crippen LogP contribution < -0.4 is 10.1 Å². The Hall–Kier alpha value is -2.02. The van der Waals surface area contributed by atoms with E-state index in [1.165, 1.54) is 6.07 Å². The summed E-state index contributed by atoms with van der Waals surface area (Å²) in [4.78, 5) is 14.5. The molecule has 0 atom stereocenters. The largest absolute Gasteiger partial charge is 0.473 e. The minimum absolute atomic E-state index is 0.188. The van der Waals surface area contributed by atoms with Gasteiger partial charge in [-0.2, -0.15) is 0 Å². The number of rotatable bonds is 0. The van der Waals surface area contributed by atoms with Crippen molar-refractivity contribution in [2.75, 3.05) is 6.73 Å². The molecule has 1 aromatic rings. The number of nitrogens with one attached hydrogen (secondary N) is 1. The van der Waals surface area contributed by atoms with Crippen LogP contribution in [-0.2, 0) is 0 Å². The molecule has 0 aliphatic carbocycles. The highest BCUT2D eigenvalue weighted by Gasteiger charge is 2.17. The minimum atomic E-state index is -0.188. The van der Waals surface area contributed by atoms with Crippen molar-refractivity contribution in [1.29, 1.82) is 0 Å². The van der Waals surface area contributed by atoms with Gasteiger partial charge in [-0.15, -0.1) is 0 Å². The van der Waals surface area contributed by atoms with E-state index in [1.807, 2.05) is 0 Å². The Morgan fingerprint density at radius 3 is 3.15 bits per heavy atom. The summed E-state index contributed by atoms with van der Waals surface area (Å²) in [5.41, 5.74) is 0.874. The third-order valence-electron chi connectivity index (χ3n) is 1.80. The first-order valence-electron chi connectivity index (χ1n) is 3.74. The van der Waals surface area contributed by atoms with Crippen LogP contribution in [0.4, 0.5) is 5.69 Å². The van der Waals surface area contributed by atoms with E-state index in [9.17, 15) is 4.79 Å². The van der Waals surface area contributed by atoms with Crippen LogP contribution in [0.15, 0.2) is 18.2 Å². The number of benzene rings is 1. The molecule has 0 aromatic heterocycles. The summed E-state index contributed by atoms with van der Waals surface area (Å²) in [5, 5.41) is 2.53. The van der Waals surface area contributed by atoms with Gasteiger partial charge in [-0.3, -0.25) is 4.79 Å². The fourth-order valence-corrected chi connectivity index (χ4v) is 1.17. The first-order valence-corrected chi connectivity index (χ1v) is 3.74. The molecule has 4 heteroatoms. The van der Waals surface area contributed by atoms with Crippen LogP contribution in [0.5, 0.6) is 5.75 Å². The number of hydrogen-bond donors (Lipinski definition) is 1. The van der Waals surface area contributed by atoms with Gasteiger partial charge in [-0.25, -0.2) is 4.85 Å². The van der Waals surface area contributed by atoms with E-state index in [-0.39, 0.29) is 12.6 Å². The Balaban J connectivity index is 2.55. The molecule has 2 rings (SSSR count). The van der Waals surface area contributed by atoms with Gasteiger partial charge in [0.25, 0.3) is 5.91 Å². The smallest absolute Gasteiger partial charge is 0.256 e. The van der Waals surface area contributed by atoms with Gasteiger partial charge in [-0.05, 0) is 12.1 Å². The molecule has 1 N–H and O–H groups in total. The monoisotopic (exact) mass is 174 g/mol. The summed E-state index contributed by atoms with van der Waals surface area (Å²) >= 11 is 0. The molecule has 1 aliphatic rings. The number of carbonyl (C=O) groups excluding carboxylic acids is 1. The Labute approximate surface area is 74.9 Å². The van der Waals surface area contributed by atoms with Gasteiger partial charge < -0.3 is 10.1 Å². The van der Waals surface area contributed by atoms with Crippen molar-refractivity contribution >= 4 is 11.6 Å². The molecular weight excluding hydrogens is 168 g/mol. The number of fused-ring (bicyclic) bond motifs is 1. The fraction of sp³-hybridized carbons (Fsp3) is 0.111. The lowest BCUT2D eigenvalue weighted by molar-refractivity contribution is 0.0883. The number of amides is 1. The fourth-order valence-electron chi connectivity index (χ4n) is 1.17. The van der Waals surface area contributed by atoms with Gasteiger partial charge >= 0.3 is 0 Å². The molecule has 1 amide bonds. The average Bonchev–Trinajstić information content (AvgIpc) is 2.18. The van der Waals surface area contributed by atoms with E-state index in [0.717, 1.165) is 0 Å². The molecular formula is C9H6N2O2. The number of ether oxygens (including phenoxy) is 1. The second-order valence-corrected chi connectivity index (χ2v) is 2.59. The number of nitrogens with zero attached hydrogens (tertiary/aromatic N) is 1. The highest BCUT2D eigenvalue weighted by molar-refractivity contribution is 5.98. The molecule has 0 spiro atoms. The van der Waals surface area contributed by atoms with Crippen molar-refractivity contribution in [3.63, 3.8) is 0 Å². The first kappa shape index (κ1) is 7.62.